The molecule has 0 saturated heterocycles. The van der Waals surface area contributed by atoms with Crippen LogP contribution in [-0.2, 0) is 16.1 Å². The van der Waals surface area contributed by atoms with E-state index in [1.807, 2.05) is 26.0 Å². The Labute approximate surface area is 207 Å². The maximum absolute atomic E-state index is 13.8. The van der Waals surface area contributed by atoms with Gasteiger partial charge in [-0.3, -0.25) is 14.5 Å². The molecule has 0 aliphatic carbocycles. The molecule has 1 aromatic heterocycles. The molecule has 9 heteroatoms. The summed E-state index contributed by atoms with van der Waals surface area (Å²) in [5, 5.41) is 11.1. The summed E-state index contributed by atoms with van der Waals surface area (Å²) in [6.07, 6.45) is 0.747. The molecule has 0 radical (unpaired) electrons. The number of carbonyl (C=O) groups excluding carboxylic acids is 2. The highest BCUT2D eigenvalue weighted by Gasteiger charge is 2.33. The van der Waals surface area contributed by atoms with Crippen LogP contribution in [0.3, 0.4) is 0 Å². The van der Waals surface area contributed by atoms with Crippen LogP contribution >= 0.6 is 0 Å². The van der Waals surface area contributed by atoms with Crippen LogP contribution in [0.4, 0.5) is 14.5 Å². The predicted molar refractivity (Wildman–Crippen MR) is 133 cm³/mol. The monoisotopic (exact) mass is 491 g/mol. The van der Waals surface area contributed by atoms with E-state index < -0.39 is 29.5 Å². The summed E-state index contributed by atoms with van der Waals surface area (Å²) in [7, 11) is 0. The Morgan fingerprint density at radius 2 is 1.58 bits per heavy atom. The maximum Gasteiger partial charge on any atom is 0.249 e. The summed E-state index contributed by atoms with van der Waals surface area (Å²) in [5.41, 5.74) is 2.02. The number of nitrogens with one attached hydrogen (secondary N) is 1. The fourth-order valence-corrected chi connectivity index (χ4v) is 3.92. The van der Waals surface area contributed by atoms with Crippen LogP contribution in [0.2, 0.25) is 0 Å². The summed E-state index contributed by atoms with van der Waals surface area (Å²) in [4.78, 5) is 28.6. The molecule has 4 aromatic rings. The lowest BCUT2D eigenvalue weighted by Gasteiger charge is -2.31. The lowest BCUT2D eigenvalue weighted by Crippen LogP contribution is -2.45. The third kappa shape index (κ3) is 5.73. The minimum atomic E-state index is -1.12. The van der Waals surface area contributed by atoms with E-state index in [9.17, 15) is 18.4 Å². The second kappa shape index (κ2) is 11.1. The van der Waals surface area contributed by atoms with Gasteiger partial charge in [0.05, 0.1) is 5.52 Å². The van der Waals surface area contributed by atoms with Crippen molar-refractivity contribution in [3.05, 3.63) is 90.0 Å². The predicted octanol–water partition coefficient (Wildman–Crippen LogP) is 4.65. The van der Waals surface area contributed by atoms with Crippen molar-refractivity contribution < 1.29 is 18.4 Å². The molecule has 1 heterocycles. The molecule has 36 heavy (non-hydrogen) atoms. The number of hydrogen-bond donors (Lipinski definition) is 1. The molecule has 0 spiro atoms. The maximum atomic E-state index is 13.8. The van der Waals surface area contributed by atoms with Gasteiger partial charge in [0.1, 0.15) is 29.7 Å². The lowest BCUT2D eigenvalue weighted by molar-refractivity contribution is -0.127. The van der Waals surface area contributed by atoms with Gasteiger partial charge in [0.15, 0.2) is 0 Å². The second-order valence-electron chi connectivity index (χ2n) is 8.90. The Bertz CT molecular complexity index is 1340. The zero-order chi connectivity index (χ0) is 25.7. The quantitative estimate of drug-likeness (QED) is 0.370. The smallest absolute Gasteiger partial charge is 0.249 e. The number of hydrogen-bond acceptors (Lipinski definition) is 4. The van der Waals surface area contributed by atoms with Crippen molar-refractivity contribution in [1.82, 2.24) is 20.3 Å². The first-order valence-corrected chi connectivity index (χ1v) is 11.7. The average Bonchev–Trinajstić information content (AvgIpc) is 3.26. The molecule has 1 atom stereocenters. The van der Waals surface area contributed by atoms with Gasteiger partial charge in [-0.2, -0.15) is 0 Å². The average molecular weight is 492 g/mol. The number of carbonyl (C=O) groups is 2. The van der Waals surface area contributed by atoms with Gasteiger partial charge in [0.25, 0.3) is 0 Å². The molecule has 0 saturated carbocycles. The Morgan fingerprint density at radius 1 is 0.944 bits per heavy atom. The van der Waals surface area contributed by atoms with Gasteiger partial charge >= 0.3 is 0 Å². The normalized spacial score (nSPS) is 12.0. The number of halogens is 2. The van der Waals surface area contributed by atoms with Gasteiger partial charge in [-0.1, -0.05) is 43.3 Å². The van der Waals surface area contributed by atoms with Gasteiger partial charge < -0.3 is 5.32 Å². The van der Waals surface area contributed by atoms with Gasteiger partial charge in [-0.25, -0.2) is 13.5 Å². The topological polar surface area (TPSA) is 80.1 Å². The molecule has 0 aliphatic heterocycles. The standard InChI is InChI=1S/C27H27F2N5O2/c1-18(2)15-16-30-27(36)26(19-7-9-20(28)10-8-19)34(22-13-11-21(29)12-14-22)25(35)17-33-24-6-4-3-5-23(24)31-32-33/h3-14,18,26H,15-17H2,1-2H3,(H,30,36)/t26-/m0/s1. The van der Waals surface area contributed by atoms with Gasteiger partial charge in [-0.05, 0) is 66.4 Å². The van der Waals surface area contributed by atoms with E-state index in [0.29, 0.717) is 34.7 Å². The van der Waals surface area contributed by atoms with Crippen LogP contribution in [0.1, 0.15) is 31.9 Å². The van der Waals surface area contributed by atoms with Crippen molar-refractivity contribution in [2.45, 2.75) is 32.9 Å². The Morgan fingerprint density at radius 3 is 2.25 bits per heavy atom. The van der Waals surface area contributed by atoms with Crippen molar-refractivity contribution in [3.8, 4) is 0 Å². The number of fused-ring (bicyclic) bond motifs is 1. The number of benzene rings is 3. The molecule has 0 fully saturated rings. The van der Waals surface area contributed by atoms with Crippen molar-refractivity contribution >= 4 is 28.5 Å². The van der Waals surface area contributed by atoms with E-state index >= 15 is 0 Å². The van der Waals surface area contributed by atoms with Crippen LogP contribution in [0, 0.1) is 17.6 Å². The van der Waals surface area contributed by atoms with Crippen LogP contribution in [0.5, 0.6) is 0 Å². The highest BCUT2D eigenvalue weighted by atomic mass is 19.1. The molecule has 0 aliphatic rings. The molecule has 4 rings (SSSR count). The first kappa shape index (κ1) is 25.0. The summed E-state index contributed by atoms with van der Waals surface area (Å²) in [6.45, 7) is 4.28. The van der Waals surface area contributed by atoms with Gasteiger partial charge in [0, 0.05) is 12.2 Å². The van der Waals surface area contributed by atoms with Gasteiger partial charge in [0.2, 0.25) is 11.8 Å². The van der Waals surface area contributed by atoms with Crippen molar-refractivity contribution in [3.63, 3.8) is 0 Å². The number of rotatable bonds is 9. The minimum absolute atomic E-state index is 0.213. The first-order chi connectivity index (χ1) is 17.3. The molecule has 2 amide bonds. The van der Waals surface area contributed by atoms with E-state index in [4.69, 9.17) is 0 Å². The largest absolute Gasteiger partial charge is 0.354 e. The van der Waals surface area contributed by atoms with Crippen LogP contribution < -0.4 is 10.2 Å². The van der Waals surface area contributed by atoms with E-state index in [1.54, 1.807) is 12.1 Å². The molecular weight excluding hydrogens is 464 g/mol. The van der Waals surface area contributed by atoms with E-state index in [-0.39, 0.29) is 6.54 Å². The van der Waals surface area contributed by atoms with Gasteiger partial charge in [-0.15, -0.1) is 5.10 Å². The molecule has 0 unspecified atom stereocenters. The Hall–Kier alpha value is -4.14. The van der Waals surface area contributed by atoms with Crippen molar-refractivity contribution in [2.75, 3.05) is 11.4 Å². The molecule has 7 nitrogen and oxygen atoms in total. The molecule has 0 bridgehead atoms. The number of amides is 2. The fourth-order valence-electron chi connectivity index (χ4n) is 3.92. The molecule has 1 N–H and O–H groups in total. The van der Waals surface area contributed by atoms with E-state index in [1.165, 1.54) is 58.1 Å². The van der Waals surface area contributed by atoms with Crippen LogP contribution in [-0.4, -0.2) is 33.4 Å². The Balaban J connectivity index is 1.75. The summed E-state index contributed by atoms with van der Waals surface area (Å²) >= 11 is 0. The highest BCUT2D eigenvalue weighted by molar-refractivity contribution is 6.01. The molecular formula is C27H27F2N5O2. The summed E-state index contributed by atoms with van der Waals surface area (Å²) in [6, 6.07) is 16.8. The number of anilines is 1. The van der Waals surface area contributed by atoms with Crippen molar-refractivity contribution in [2.24, 2.45) is 5.92 Å². The first-order valence-electron chi connectivity index (χ1n) is 11.7. The third-order valence-corrected chi connectivity index (χ3v) is 5.79. The number of aromatic nitrogens is 3. The highest BCUT2D eigenvalue weighted by Crippen LogP contribution is 2.29. The fraction of sp³-hybridized carbons (Fsp3) is 0.259. The van der Waals surface area contributed by atoms with Crippen LogP contribution in [0.15, 0.2) is 72.8 Å². The lowest BCUT2D eigenvalue weighted by atomic mass is 10.0. The zero-order valence-corrected chi connectivity index (χ0v) is 20.1. The molecule has 3 aromatic carbocycles. The number of nitrogens with zero attached hydrogens (tertiary/aromatic N) is 4. The third-order valence-electron chi connectivity index (χ3n) is 5.79. The Kier molecular flexibility index (Phi) is 7.68. The minimum Gasteiger partial charge on any atom is -0.354 e. The molecule has 186 valence electrons. The summed E-state index contributed by atoms with van der Waals surface area (Å²) in [5.74, 6) is -1.47. The summed E-state index contributed by atoms with van der Waals surface area (Å²) < 4.78 is 28.9. The van der Waals surface area contributed by atoms with E-state index in [0.717, 1.165) is 6.42 Å². The zero-order valence-electron chi connectivity index (χ0n) is 20.1. The second-order valence-corrected chi connectivity index (χ2v) is 8.90. The van der Waals surface area contributed by atoms with Crippen molar-refractivity contribution in [1.29, 1.82) is 0 Å². The number of para-hydroxylation sites is 1. The van der Waals surface area contributed by atoms with Crippen LogP contribution in [0.25, 0.3) is 11.0 Å². The van der Waals surface area contributed by atoms with E-state index in [2.05, 4.69) is 15.6 Å². The SMILES string of the molecule is CC(C)CCNC(=O)[C@H](c1ccc(F)cc1)N(C(=O)Cn1nnc2ccccc21)c1ccc(F)cc1.